The highest BCUT2D eigenvalue weighted by Gasteiger charge is 2.27. The van der Waals surface area contributed by atoms with Gasteiger partial charge in [0.1, 0.15) is 13.2 Å². The van der Waals surface area contributed by atoms with Gasteiger partial charge in [-0.15, -0.1) is 0 Å². The van der Waals surface area contributed by atoms with Crippen LogP contribution in [0.2, 0.25) is 0 Å². The maximum absolute atomic E-state index is 12.8. The second kappa shape index (κ2) is 35.4. The number of likely N-dealkylation sites (N-methyl/N-ethyl adjacent to an activating group) is 1. The zero-order valence-electron chi connectivity index (χ0n) is 34.5. The number of hydrogen-bond acceptors (Lipinski definition) is 5. The molecule has 0 rings (SSSR count). The molecule has 0 aromatic carbocycles. The van der Waals surface area contributed by atoms with Gasteiger partial charge in [-0.25, -0.2) is 4.57 Å². The van der Waals surface area contributed by atoms with Crippen LogP contribution in [-0.2, 0) is 18.4 Å². The predicted molar refractivity (Wildman–Crippen MR) is 221 cm³/mol. The van der Waals surface area contributed by atoms with Crippen molar-refractivity contribution >= 4 is 13.7 Å². The van der Waals surface area contributed by atoms with E-state index in [1.165, 1.54) is 128 Å². The van der Waals surface area contributed by atoms with Crippen molar-refractivity contribution in [2.45, 2.75) is 193 Å². The molecule has 306 valence electrons. The van der Waals surface area contributed by atoms with E-state index < -0.39 is 20.0 Å². The predicted octanol–water partition coefficient (Wildman–Crippen LogP) is 11.5. The molecule has 0 saturated heterocycles. The summed E-state index contributed by atoms with van der Waals surface area (Å²) in [5.41, 5.74) is 0. The molecule has 0 radical (unpaired) electrons. The molecule has 3 N–H and O–H groups in total. The van der Waals surface area contributed by atoms with E-state index in [9.17, 15) is 19.4 Å². The topological polar surface area (TPSA) is 105 Å². The second-order valence-corrected chi connectivity index (χ2v) is 17.2. The molecular weight excluding hydrogens is 671 g/mol. The van der Waals surface area contributed by atoms with Gasteiger partial charge < -0.3 is 19.8 Å². The minimum absolute atomic E-state index is 0.0529. The van der Waals surface area contributed by atoms with Crippen LogP contribution in [0.3, 0.4) is 0 Å². The lowest BCUT2D eigenvalue weighted by molar-refractivity contribution is -0.870. The van der Waals surface area contributed by atoms with Crippen LogP contribution in [0.25, 0.3) is 0 Å². The second-order valence-electron chi connectivity index (χ2n) is 15.7. The van der Waals surface area contributed by atoms with Crippen molar-refractivity contribution in [1.29, 1.82) is 0 Å². The quantitative estimate of drug-likeness (QED) is 0.0190. The van der Waals surface area contributed by atoms with E-state index >= 15 is 0 Å². The number of nitrogens with zero attached hydrogens (tertiary/aromatic N) is 1. The minimum Gasteiger partial charge on any atom is -0.387 e. The van der Waals surface area contributed by atoms with E-state index in [2.05, 4.69) is 37.4 Å². The third-order valence-electron chi connectivity index (χ3n) is 9.39. The maximum atomic E-state index is 12.8. The third kappa shape index (κ3) is 37.1. The Labute approximate surface area is 321 Å². The van der Waals surface area contributed by atoms with Gasteiger partial charge in [-0.2, -0.15) is 0 Å². The fourth-order valence-corrected chi connectivity index (χ4v) is 6.65. The van der Waals surface area contributed by atoms with Crippen molar-refractivity contribution < 1.29 is 32.9 Å². The number of aliphatic hydroxyl groups excluding tert-OH is 1. The van der Waals surface area contributed by atoms with Crippen LogP contribution in [-0.4, -0.2) is 73.4 Å². The lowest BCUT2D eigenvalue weighted by Crippen LogP contribution is -2.45. The van der Waals surface area contributed by atoms with E-state index in [-0.39, 0.29) is 19.1 Å². The molecule has 0 heterocycles. The normalized spacial score (nSPS) is 14.8. The van der Waals surface area contributed by atoms with Gasteiger partial charge in [0, 0.05) is 6.42 Å². The van der Waals surface area contributed by atoms with E-state index in [4.69, 9.17) is 9.05 Å². The van der Waals surface area contributed by atoms with Crippen LogP contribution in [0.5, 0.6) is 0 Å². The SMILES string of the molecule is CCCCCCCC/C=C/CCCCCCCCCCCC(=O)N[C@@H](COP(=O)(O)OCC[N+](C)(C)C)[C@H](O)/C=C/C=C/CCCCCCCCC. The monoisotopic (exact) mass is 756 g/mol. The average molecular weight is 756 g/mol. The number of aliphatic hydroxyl groups is 1. The maximum Gasteiger partial charge on any atom is 0.472 e. The highest BCUT2D eigenvalue weighted by molar-refractivity contribution is 7.47. The molecule has 0 aliphatic heterocycles. The molecule has 0 aliphatic carbocycles. The molecule has 0 aromatic rings. The fraction of sp³-hybridized carbons (Fsp3) is 0.837. The highest BCUT2D eigenvalue weighted by Crippen LogP contribution is 2.43. The molecule has 9 heteroatoms. The number of carbonyl (C=O) groups is 1. The Morgan fingerprint density at radius 1 is 0.654 bits per heavy atom. The lowest BCUT2D eigenvalue weighted by atomic mass is 10.0. The standard InChI is InChI=1S/C43H83N2O6P/c1-6-8-10-12-14-16-18-19-20-21-22-23-24-25-27-29-31-33-35-37-43(47)44-41(40-51-52(48,49)50-39-38-45(3,4)5)42(46)36-34-32-30-28-26-17-15-13-11-9-7-2/h19-20,30,32,34,36,41-42,46H,6-18,21-29,31,33,35,37-40H2,1-5H3,(H-,44,47,48,49)/p+1/b20-19+,32-30+,36-34+/t41-,42+/m0/s1. The summed E-state index contributed by atoms with van der Waals surface area (Å²) < 4.78 is 23.5. The molecule has 0 aliphatic rings. The van der Waals surface area contributed by atoms with Crippen molar-refractivity contribution in [1.82, 2.24) is 5.32 Å². The summed E-state index contributed by atoms with van der Waals surface area (Å²) >= 11 is 0. The van der Waals surface area contributed by atoms with Gasteiger partial charge in [0.25, 0.3) is 0 Å². The summed E-state index contributed by atoms with van der Waals surface area (Å²) in [6, 6.07) is -0.876. The molecule has 0 saturated carbocycles. The molecule has 3 atom stereocenters. The van der Waals surface area contributed by atoms with Gasteiger partial charge in [-0.05, 0) is 44.9 Å². The number of hydrogen-bond donors (Lipinski definition) is 3. The summed E-state index contributed by atoms with van der Waals surface area (Å²) in [5.74, 6) is -0.199. The molecule has 1 unspecified atom stereocenters. The number of allylic oxidation sites excluding steroid dienone is 5. The Hall–Kier alpha value is -1.28. The molecule has 1 amide bonds. The number of unbranched alkanes of at least 4 members (excludes halogenated alkanes) is 22. The average Bonchev–Trinajstić information content (AvgIpc) is 3.09. The zero-order valence-corrected chi connectivity index (χ0v) is 35.4. The smallest absolute Gasteiger partial charge is 0.387 e. The van der Waals surface area contributed by atoms with Crippen LogP contribution >= 0.6 is 7.82 Å². The number of amides is 1. The van der Waals surface area contributed by atoms with E-state index in [0.717, 1.165) is 32.1 Å². The first-order valence-corrected chi connectivity index (χ1v) is 22.9. The number of phosphoric ester groups is 1. The van der Waals surface area contributed by atoms with Crippen molar-refractivity contribution in [2.24, 2.45) is 0 Å². The summed E-state index contributed by atoms with van der Waals surface area (Å²) in [6.45, 7) is 4.74. The van der Waals surface area contributed by atoms with Crippen LogP contribution in [0.15, 0.2) is 36.5 Å². The Bertz CT molecular complexity index is 948. The zero-order chi connectivity index (χ0) is 38.6. The number of rotatable bonds is 38. The molecule has 0 spiro atoms. The van der Waals surface area contributed by atoms with Gasteiger partial charge in [-0.3, -0.25) is 13.8 Å². The molecule has 0 fully saturated rings. The Balaban J connectivity index is 4.41. The van der Waals surface area contributed by atoms with Gasteiger partial charge in [-0.1, -0.05) is 166 Å². The first kappa shape index (κ1) is 50.7. The molecular formula is C43H84N2O6P+. The van der Waals surface area contributed by atoms with Gasteiger partial charge >= 0.3 is 7.82 Å². The van der Waals surface area contributed by atoms with E-state index in [1.807, 2.05) is 27.2 Å². The first-order valence-electron chi connectivity index (χ1n) is 21.4. The minimum atomic E-state index is -4.34. The molecule has 0 bridgehead atoms. The van der Waals surface area contributed by atoms with E-state index in [0.29, 0.717) is 17.4 Å². The van der Waals surface area contributed by atoms with Crippen LogP contribution in [0, 0.1) is 0 Å². The largest absolute Gasteiger partial charge is 0.472 e. The number of carbonyl (C=O) groups excluding carboxylic acids is 1. The van der Waals surface area contributed by atoms with Gasteiger partial charge in [0.15, 0.2) is 0 Å². The van der Waals surface area contributed by atoms with E-state index in [1.54, 1.807) is 12.2 Å². The van der Waals surface area contributed by atoms with Crippen LogP contribution in [0.1, 0.15) is 181 Å². The van der Waals surface area contributed by atoms with Crippen molar-refractivity contribution in [3.05, 3.63) is 36.5 Å². The summed E-state index contributed by atoms with van der Waals surface area (Å²) in [5, 5.41) is 13.7. The van der Waals surface area contributed by atoms with Gasteiger partial charge in [0.2, 0.25) is 5.91 Å². The highest BCUT2D eigenvalue weighted by atomic mass is 31.2. The molecule has 0 aromatic heterocycles. The third-order valence-corrected chi connectivity index (χ3v) is 10.4. The number of nitrogens with one attached hydrogen (secondary N) is 1. The Morgan fingerprint density at radius 3 is 1.58 bits per heavy atom. The first-order chi connectivity index (χ1) is 25.0. The fourth-order valence-electron chi connectivity index (χ4n) is 5.92. The van der Waals surface area contributed by atoms with Crippen molar-refractivity contribution in [3.63, 3.8) is 0 Å². The summed E-state index contributed by atoms with van der Waals surface area (Å²) in [4.78, 5) is 23.0. The summed E-state index contributed by atoms with van der Waals surface area (Å²) in [7, 11) is 1.54. The van der Waals surface area contributed by atoms with Crippen LogP contribution < -0.4 is 5.32 Å². The Morgan fingerprint density at radius 2 is 1.10 bits per heavy atom. The molecule has 8 nitrogen and oxygen atoms in total. The molecule has 52 heavy (non-hydrogen) atoms. The van der Waals surface area contributed by atoms with Crippen molar-refractivity contribution in [3.8, 4) is 0 Å². The van der Waals surface area contributed by atoms with Crippen molar-refractivity contribution in [2.75, 3.05) is 40.9 Å². The van der Waals surface area contributed by atoms with Crippen LogP contribution in [0.4, 0.5) is 0 Å². The number of phosphoric acid groups is 1. The number of quaternary nitrogens is 1. The Kier molecular flexibility index (Phi) is 34.6. The lowest BCUT2D eigenvalue weighted by Gasteiger charge is -2.25. The van der Waals surface area contributed by atoms with Gasteiger partial charge in [0.05, 0.1) is 39.9 Å². The summed E-state index contributed by atoms with van der Waals surface area (Å²) in [6.07, 6.45) is 42.2.